The molecule has 0 aliphatic carbocycles. The highest BCUT2D eigenvalue weighted by molar-refractivity contribution is 5.98. The number of rotatable bonds is 19. The second kappa shape index (κ2) is 30.7. The van der Waals surface area contributed by atoms with Crippen molar-refractivity contribution in [1.82, 2.24) is 47.5 Å². The Hall–Kier alpha value is -8.99. The minimum atomic E-state index is -1.96. The molecule has 1 saturated heterocycles. The van der Waals surface area contributed by atoms with E-state index in [9.17, 15) is 66.2 Å². The van der Waals surface area contributed by atoms with Gasteiger partial charge >= 0.3 is 5.97 Å². The third-order valence-electron chi connectivity index (χ3n) is 12.3. The number of carboxylic acids is 1. The highest BCUT2D eigenvalue weighted by atomic mass is 19.2. The highest BCUT2D eigenvalue weighted by Gasteiger charge is 2.35. The number of amides is 9. The Morgan fingerprint density at radius 3 is 1.92 bits per heavy atom. The van der Waals surface area contributed by atoms with E-state index in [2.05, 4.69) is 57.5 Å². The van der Waals surface area contributed by atoms with Crippen LogP contribution < -0.4 is 71.2 Å². The smallest absolute Gasteiger partial charge is 0.326 e. The Balaban J connectivity index is 1.83. The number of hydrogen-bond acceptors (Lipinski definition) is 12. The lowest BCUT2D eigenvalue weighted by atomic mass is 10.0. The summed E-state index contributed by atoms with van der Waals surface area (Å²) in [5.41, 5.74) is 28.0. The van der Waals surface area contributed by atoms with Gasteiger partial charge in [0.05, 0.1) is 0 Å². The molecule has 1 fully saturated rings. The molecule has 4 rings (SSSR count). The van der Waals surface area contributed by atoms with E-state index in [4.69, 9.17) is 28.7 Å². The molecule has 30 heteroatoms. The molecule has 0 radical (unpaired) electrons. The summed E-state index contributed by atoms with van der Waals surface area (Å²) in [6.07, 6.45) is -2.17. The molecule has 9 amide bonds. The van der Waals surface area contributed by atoms with Gasteiger partial charge in [0.25, 0.3) is 0 Å². The van der Waals surface area contributed by atoms with Crippen LogP contribution in [0.15, 0.2) is 52.6 Å². The summed E-state index contributed by atoms with van der Waals surface area (Å²) in [6, 6.07) is -3.53. The first-order chi connectivity index (χ1) is 37.4. The van der Waals surface area contributed by atoms with Crippen LogP contribution in [-0.2, 0) is 60.8 Å². The number of hydrogen-bond donors (Lipinski definition) is 15. The molecule has 0 unspecified atom stereocenters. The number of nitrogens with one attached hydrogen (secondary N) is 9. The number of aliphatic imine (C=N–C) groups is 2. The number of H-pyrrole nitrogens is 1. The topological polar surface area (TPSA) is 458 Å². The molecule has 430 valence electrons. The van der Waals surface area contributed by atoms with Gasteiger partial charge in [-0.05, 0) is 80.7 Å². The summed E-state index contributed by atoms with van der Waals surface area (Å²) in [6.45, 7) is 0.894. The van der Waals surface area contributed by atoms with Gasteiger partial charge in [0.15, 0.2) is 29.4 Å². The summed E-state index contributed by atoms with van der Waals surface area (Å²) in [5.74, 6) is -16.2. The summed E-state index contributed by atoms with van der Waals surface area (Å²) in [7, 11) is 0. The number of aromatic amines is 1. The minimum Gasteiger partial charge on any atom is -0.480 e. The standard InChI is InChI=1S/C49H67F3N16O11/c1-24(69)62-31(9-4-17-59-48(54)55)41(72)65-34-13-15-39(71)58-16-6-11-35(47(78)79)66-46(77)37(22-26-23-61-30-8-3-2-7-27(26)30)68-42(73)32(10-5-18-60-49(56)57)63-45(76)36(21-25-19-28(50)40(52)29(51)20-25)67-44(75)33(64-43(34)74)12-14-38(53)70/h2-3,7-8,19-20,23,31-37,61H,4-6,9-18,21-22H2,1H3,(H2,53,70)(H,58,71)(H,62,69)(H,63,76)(H,64,74)(H,65,72)(H,66,77)(H,67,75)(H,68,73)(H,78,79)(H4,54,55,59)(H4,56,57,60)/t31-,32-,33-,34-,35-,36+,37-/m0/s1. The number of carbonyl (C=O) groups is 10. The van der Waals surface area contributed by atoms with Gasteiger partial charge < -0.3 is 81.3 Å². The average Bonchev–Trinajstić information content (AvgIpc) is 3.79. The van der Waals surface area contributed by atoms with Crippen LogP contribution in [0.5, 0.6) is 0 Å². The Morgan fingerprint density at radius 2 is 1.30 bits per heavy atom. The quantitative estimate of drug-likeness (QED) is 0.0245. The van der Waals surface area contributed by atoms with Crippen molar-refractivity contribution in [2.24, 2.45) is 38.7 Å². The second-order valence-electron chi connectivity index (χ2n) is 18.5. The highest BCUT2D eigenvalue weighted by Crippen LogP contribution is 2.20. The van der Waals surface area contributed by atoms with Crippen LogP contribution in [-0.4, -0.2) is 143 Å². The first-order valence-electron chi connectivity index (χ1n) is 25.1. The van der Waals surface area contributed by atoms with Gasteiger partial charge in [-0.15, -0.1) is 0 Å². The van der Waals surface area contributed by atoms with Crippen LogP contribution in [0.2, 0.25) is 0 Å². The second-order valence-corrected chi connectivity index (χ2v) is 18.5. The van der Waals surface area contributed by atoms with Crippen molar-refractivity contribution >= 4 is 82.0 Å². The van der Waals surface area contributed by atoms with Crippen LogP contribution in [0.4, 0.5) is 13.2 Å². The molecule has 2 aromatic carbocycles. The lowest BCUT2D eigenvalue weighted by Gasteiger charge is -2.28. The number of carbonyl (C=O) groups excluding carboxylic acids is 9. The van der Waals surface area contributed by atoms with E-state index in [1.807, 2.05) is 0 Å². The molecule has 2 heterocycles. The molecule has 27 nitrogen and oxygen atoms in total. The van der Waals surface area contributed by atoms with Gasteiger partial charge in [0.2, 0.25) is 53.2 Å². The van der Waals surface area contributed by atoms with Gasteiger partial charge in [0.1, 0.15) is 42.3 Å². The predicted molar refractivity (Wildman–Crippen MR) is 279 cm³/mol. The summed E-state index contributed by atoms with van der Waals surface area (Å²) >= 11 is 0. The fourth-order valence-electron chi connectivity index (χ4n) is 8.30. The van der Waals surface area contributed by atoms with E-state index in [1.54, 1.807) is 30.5 Å². The molecule has 1 aliphatic rings. The number of aliphatic carboxylic acids is 1. The average molecular weight is 1110 g/mol. The molecule has 0 bridgehead atoms. The fourth-order valence-corrected chi connectivity index (χ4v) is 8.30. The van der Waals surface area contributed by atoms with E-state index in [1.165, 1.54) is 0 Å². The van der Waals surface area contributed by atoms with E-state index < -0.39 is 157 Å². The molecule has 0 saturated carbocycles. The number of nitrogens with zero attached hydrogens (tertiary/aromatic N) is 2. The van der Waals surface area contributed by atoms with Crippen LogP contribution in [0, 0.1) is 17.5 Å². The molecular formula is C49H67F3N16O11. The lowest BCUT2D eigenvalue weighted by molar-refractivity contribution is -0.142. The number of halogens is 3. The first-order valence-corrected chi connectivity index (χ1v) is 25.1. The SMILES string of the molecule is CC(=O)N[C@@H](CCCN=C(N)N)C(=O)N[C@H]1CCC(=O)NCCC[C@@H](C(=O)O)NC(=O)[C@H](Cc2c[nH]c3ccccc23)NC(=O)[C@H](CCCN=C(N)N)NC(=O)[C@@H](Cc2cc(F)c(F)c(F)c2)NC(=O)[C@H](CCC(N)=O)NC1=O. The van der Waals surface area contributed by atoms with Crippen LogP contribution in [0.25, 0.3) is 10.9 Å². The monoisotopic (exact) mass is 1110 g/mol. The molecule has 3 aromatic rings. The Bertz CT molecular complexity index is 2750. The van der Waals surface area contributed by atoms with E-state index in [0.717, 1.165) is 6.92 Å². The van der Waals surface area contributed by atoms with E-state index >= 15 is 0 Å². The number of carboxylic acid groups (broad SMARTS) is 1. The van der Waals surface area contributed by atoms with Gasteiger partial charge in [-0.25, -0.2) is 18.0 Å². The number of guanidine groups is 2. The van der Waals surface area contributed by atoms with Crippen LogP contribution in [0.3, 0.4) is 0 Å². The Kier molecular flexibility index (Phi) is 24.3. The number of aromatic nitrogens is 1. The molecule has 1 aromatic heterocycles. The summed E-state index contributed by atoms with van der Waals surface area (Å²) in [5, 5.41) is 30.6. The van der Waals surface area contributed by atoms with Crippen molar-refractivity contribution in [1.29, 1.82) is 0 Å². The van der Waals surface area contributed by atoms with Gasteiger partial charge in [-0.1, -0.05) is 18.2 Å². The first kappa shape index (κ1) is 62.5. The van der Waals surface area contributed by atoms with Crippen LogP contribution in [0.1, 0.15) is 82.3 Å². The normalized spacial score (nSPS) is 20.6. The number of para-hydroxylation sites is 1. The van der Waals surface area contributed by atoms with Gasteiger partial charge in [-0.3, -0.25) is 53.1 Å². The lowest BCUT2D eigenvalue weighted by Crippen LogP contribution is -2.60. The number of primary amides is 1. The molecule has 0 spiro atoms. The number of nitrogens with two attached hydrogens (primary N) is 5. The molecular weight excluding hydrogens is 1050 g/mol. The maximum atomic E-state index is 14.7. The summed E-state index contributed by atoms with van der Waals surface area (Å²) < 4.78 is 43.6. The Labute approximate surface area is 450 Å². The zero-order valence-electron chi connectivity index (χ0n) is 43.1. The van der Waals surface area contributed by atoms with Gasteiger partial charge in [-0.2, -0.15) is 0 Å². The van der Waals surface area contributed by atoms with Gasteiger partial charge in [0, 0.05) is 69.3 Å². The van der Waals surface area contributed by atoms with Crippen LogP contribution >= 0.6 is 0 Å². The number of benzene rings is 2. The van der Waals surface area contributed by atoms with Crippen molar-refractivity contribution in [3.8, 4) is 0 Å². The molecule has 1 aliphatic heterocycles. The zero-order chi connectivity index (χ0) is 58.3. The van der Waals surface area contributed by atoms with E-state index in [-0.39, 0.29) is 76.5 Å². The minimum absolute atomic E-state index is 0.0267. The largest absolute Gasteiger partial charge is 0.480 e. The third-order valence-corrected chi connectivity index (χ3v) is 12.3. The molecule has 79 heavy (non-hydrogen) atoms. The maximum absolute atomic E-state index is 14.7. The van der Waals surface area contributed by atoms with E-state index in [0.29, 0.717) is 28.6 Å². The summed E-state index contributed by atoms with van der Waals surface area (Å²) in [4.78, 5) is 147. The maximum Gasteiger partial charge on any atom is 0.326 e. The van der Waals surface area contributed by atoms with Crippen molar-refractivity contribution < 1.29 is 66.2 Å². The van der Waals surface area contributed by atoms with Crippen molar-refractivity contribution in [3.63, 3.8) is 0 Å². The van der Waals surface area contributed by atoms with Crippen molar-refractivity contribution in [2.45, 2.75) is 126 Å². The molecule has 20 N–H and O–H groups in total. The fraction of sp³-hybridized carbons (Fsp3) is 0.469. The third kappa shape index (κ3) is 20.8. The Morgan fingerprint density at radius 1 is 0.734 bits per heavy atom. The van der Waals surface area contributed by atoms with Crippen molar-refractivity contribution in [2.75, 3.05) is 19.6 Å². The predicted octanol–water partition coefficient (Wildman–Crippen LogP) is -3.07. The number of fused-ring (bicyclic) bond motifs is 1. The van der Waals surface area contributed by atoms with Crippen molar-refractivity contribution in [3.05, 3.63) is 71.2 Å². The molecule has 7 atom stereocenters. The zero-order valence-corrected chi connectivity index (χ0v) is 43.1.